The van der Waals surface area contributed by atoms with E-state index in [-0.39, 0.29) is 0 Å². The summed E-state index contributed by atoms with van der Waals surface area (Å²) >= 11 is 1.89. The monoisotopic (exact) mass is 742 g/mol. The Hall–Kier alpha value is -7.20. The molecule has 0 bridgehead atoms. The number of aromatic nitrogens is 1. The summed E-state index contributed by atoms with van der Waals surface area (Å²) in [4.78, 5) is 2.53. The number of benzene rings is 10. The lowest BCUT2D eigenvalue weighted by Gasteiger charge is -2.28. The zero-order valence-corrected chi connectivity index (χ0v) is 31.7. The zero-order valence-electron chi connectivity index (χ0n) is 30.9. The molecule has 0 amide bonds. The van der Waals surface area contributed by atoms with Gasteiger partial charge in [0.25, 0.3) is 0 Å². The molecule has 12 rings (SSSR count). The van der Waals surface area contributed by atoms with E-state index in [0.717, 1.165) is 17.1 Å². The smallest absolute Gasteiger partial charge is 0.0640 e. The van der Waals surface area contributed by atoms with Crippen LogP contribution in [-0.4, -0.2) is 4.57 Å². The average molecular weight is 743 g/mol. The third-order valence-electron chi connectivity index (χ3n) is 11.7. The van der Waals surface area contributed by atoms with Crippen molar-refractivity contribution < 1.29 is 0 Å². The van der Waals surface area contributed by atoms with Crippen molar-refractivity contribution in [1.82, 2.24) is 4.57 Å². The van der Waals surface area contributed by atoms with Gasteiger partial charge >= 0.3 is 0 Å². The van der Waals surface area contributed by atoms with E-state index in [1.54, 1.807) is 0 Å². The van der Waals surface area contributed by atoms with Gasteiger partial charge in [-0.25, -0.2) is 0 Å². The van der Waals surface area contributed by atoms with Crippen LogP contribution in [0, 0.1) is 0 Å². The van der Waals surface area contributed by atoms with Gasteiger partial charge in [-0.3, -0.25) is 0 Å². The van der Waals surface area contributed by atoms with Gasteiger partial charge in [0.1, 0.15) is 0 Å². The van der Waals surface area contributed by atoms with Gasteiger partial charge in [0, 0.05) is 43.0 Å². The Balaban J connectivity index is 1.19. The average Bonchev–Trinajstić information content (AvgIpc) is 3.80. The normalized spacial score (nSPS) is 11.9. The zero-order chi connectivity index (χ0) is 37.5. The second-order valence-corrected chi connectivity index (χ2v) is 16.0. The predicted molar refractivity (Wildman–Crippen MR) is 246 cm³/mol. The van der Waals surface area contributed by atoms with Crippen molar-refractivity contribution in [3.05, 3.63) is 206 Å². The van der Waals surface area contributed by atoms with Crippen molar-refractivity contribution >= 4 is 103 Å². The number of hydrogen-bond donors (Lipinski definition) is 0. The van der Waals surface area contributed by atoms with E-state index in [0.29, 0.717) is 0 Å². The van der Waals surface area contributed by atoms with Crippen LogP contribution in [0.2, 0.25) is 0 Å². The molecule has 0 fully saturated rings. The van der Waals surface area contributed by atoms with E-state index in [4.69, 9.17) is 0 Å². The van der Waals surface area contributed by atoms with Crippen LogP contribution in [0.5, 0.6) is 0 Å². The molecule has 2 heterocycles. The second-order valence-electron chi connectivity index (χ2n) is 15.0. The van der Waals surface area contributed by atoms with Gasteiger partial charge in [-0.1, -0.05) is 133 Å². The Labute approximate surface area is 333 Å². The summed E-state index contributed by atoms with van der Waals surface area (Å²) in [7, 11) is 0. The SMILES string of the molecule is c1ccc(-c2cc(N(c3ccc4c(c3)c3cc5ccccc5cc3n4-c3ccccc3)c3cccc4c3sc3cc5ccccc5cc34)c3ccccc3c2)cc1. The fourth-order valence-electron chi connectivity index (χ4n) is 9.01. The number of nitrogens with zero attached hydrogens (tertiary/aromatic N) is 2. The lowest BCUT2D eigenvalue weighted by molar-refractivity contribution is 1.18. The molecule has 0 radical (unpaired) electrons. The lowest BCUT2D eigenvalue weighted by Crippen LogP contribution is -2.11. The maximum atomic E-state index is 2.53. The van der Waals surface area contributed by atoms with E-state index >= 15 is 0 Å². The summed E-state index contributed by atoms with van der Waals surface area (Å²) in [6, 6.07) is 75.9. The molecule has 0 spiro atoms. The van der Waals surface area contributed by atoms with E-state index in [1.807, 2.05) is 11.3 Å². The van der Waals surface area contributed by atoms with Gasteiger partial charge in [0.05, 0.1) is 27.1 Å². The summed E-state index contributed by atoms with van der Waals surface area (Å²) in [5, 5.41) is 12.5. The molecule has 266 valence electrons. The summed E-state index contributed by atoms with van der Waals surface area (Å²) in [5.74, 6) is 0. The number of fused-ring (bicyclic) bond motifs is 9. The molecule has 2 aromatic heterocycles. The van der Waals surface area contributed by atoms with Crippen molar-refractivity contribution in [2.24, 2.45) is 0 Å². The molecular weight excluding hydrogens is 709 g/mol. The van der Waals surface area contributed by atoms with Gasteiger partial charge in [-0.05, 0) is 111 Å². The molecule has 2 nitrogen and oxygen atoms in total. The maximum absolute atomic E-state index is 2.53. The quantitative estimate of drug-likeness (QED) is 0.170. The van der Waals surface area contributed by atoms with Crippen LogP contribution in [0.1, 0.15) is 0 Å². The van der Waals surface area contributed by atoms with E-state index < -0.39 is 0 Å². The molecule has 0 aliphatic rings. The van der Waals surface area contributed by atoms with Crippen LogP contribution >= 0.6 is 11.3 Å². The summed E-state index contributed by atoms with van der Waals surface area (Å²) in [5.41, 5.74) is 9.37. The van der Waals surface area contributed by atoms with Crippen molar-refractivity contribution in [3.8, 4) is 16.8 Å². The highest BCUT2D eigenvalue weighted by Crippen LogP contribution is 2.49. The number of para-hydroxylation sites is 1. The minimum absolute atomic E-state index is 1.12. The highest BCUT2D eigenvalue weighted by molar-refractivity contribution is 7.26. The number of hydrogen-bond acceptors (Lipinski definition) is 2. The molecule has 0 saturated carbocycles. The largest absolute Gasteiger partial charge is 0.309 e. The minimum Gasteiger partial charge on any atom is -0.309 e. The van der Waals surface area contributed by atoms with Crippen LogP contribution in [-0.2, 0) is 0 Å². The first kappa shape index (κ1) is 32.1. The van der Waals surface area contributed by atoms with E-state index in [2.05, 4.69) is 216 Å². The first-order valence-corrected chi connectivity index (χ1v) is 20.3. The third-order valence-corrected chi connectivity index (χ3v) is 12.9. The molecular formula is C54H34N2S. The van der Waals surface area contributed by atoms with Gasteiger partial charge in [-0.15, -0.1) is 11.3 Å². The topological polar surface area (TPSA) is 8.17 Å². The van der Waals surface area contributed by atoms with Crippen LogP contribution in [0.3, 0.4) is 0 Å². The fraction of sp³-hybridized carbons (Fsp3) is 0. The Morgan fingerprint density at radius 1 is 0.351 bits per heavy atom. The standard InChI is InChI=1S/C54H34N2S/c1-3-14-35(15-4-1)41-28-40-20-11-12-23-44(40)51(32-41)56(50-25-13-24-45-48-30-37-17-8-10-19-39(37)33-53(48)57-54(45)50)43-26-27-49-47(34-43)46-29-36-16-7-9-18-38(36)31-52(46)55(49)42-21-5-2-6-22-42/h1-34H. The predicted octanol–water partition coefficient (Wildman–Crippen LogP) is 15.7. The molecule has 12 aromatic rings. The van der Waals surface area contributed by atoms with Crippen LogP contribution in [0.4, 0.5) is 17.1 Å². The van der Waals surface area contributed by atoms with Gasteiger partial charge in [0.15, 0.2) is 0 Å². The Morgan fingerprint density at radius 2 is 0.965 bits per heavy atom. The number of rotatable bonds is 5. The minimum atomic E-state index is 1.12. The molecule has 0 unspecified atom stereocenters. The Bertz CT molecular complexity index is 3520. The summed E-state index contributed by atoms with van der Waals surface area (Å²) in [6.45, 7) is 0. The first-order chi connectivity index (χ1) is 28.2. The molecule has 0 aliphatic heterocycles. The van der Waals surface area contributed by atoms with Crippen LogP contribution < -0.4 is 4.90 Å². The molecule has 0 saturated heterocycles. The van der Waals surface area contributed by atoms with Crippen molar-refractivity contribution in [1.29, 1.82) is 0 Å². The van der Waals surface area contributed by atoms with Crippen LogP contribution in [0.15, 0.2) is 206 Å². The Kier molecular flexibility index (Phi) is 7.13. The maximum Gasteiger partial charge on any atom is 0.0640 e. The molecule has 0 N–H and O–H groups in total. The van der Waals surface area contributed by atoms with Crippen molar-refractivity contribution in [2.45, 2.75) is 0 Å². The van der Waals surface area contributed by atoms with Gasteiger partial charge in [0.2, 0.25) is 0 Å². The highest BCUT2D eigenvalue weighted by Gasteiger charge is 2.23. The molecule has 10 aromatic carbocycles. The third kappa shape index (κ3) is 5.10. The first-order valence-electron chi connectivity index (χ1n) is 19.5. The lowest BCUT2D eigenvalue weighted by atomic mass is 9.98. The second kappa shape index (κ2) is 12.7. The summed E-state index contributed by atoms with van der Waals surface area (Å²) < 4.78 is 5.00. The van der Waals surface area contributed by atoms with Crippen molar-refractivity contribution in [2.75, 3.05) is 4.90 Å². The van der Waals surface area contributed by atoms with E-state index in [1.165, 1.54) is 91.1 Å². The Morgan fingerprint density at radius 3 is 1.74 bits per heavy atom. The summed E-state index contributed by atoms with van der Waals surface area (Å²) in [6.07, 6.45) is 0. The highest BCUT2D eigenvalue weighted by atomic mass is 32.1. The molecule has 57 heavy (non-hydrogen) atoms. The molecule has 0 aliphatic carbocycles. The fourth-order valence-corrected chi connectivity index (χ4v) is 10.2. The van der Waals surface area contributed by atoms with Gasteiger partial charge < -0.3 is 9.47 Å². The molecule has 3 heteroatoms. The van der Waals surface area contributed by atoms with Crippen LogP contribution in [0.25, 0.3) is 91.1 Å². The number of anilines is 3. The van der Waals surface area contributed by atoms with Crippen molar-refractivity contribution in [3.63, 3.8) is 0 Å². The van der Waals surface area contributed by atoms with Gasteiger partial charge in [-0.2, -0.15) is 0 Å². The number of thiophene rings is 1. The molecule has 0 atom stereocenters. The van der Waals surface area contributed by atoms with E-state index in [9.17, 15) is 0 Å².